The molecule has 0 spiro atoms. The van der Waals surface area contributed by atoms with Gasteiger partial charge in [0.15, 0.2) is 0 Å². The van der Waals surface area contributed by atoms with E-state index in [4.69, 9.17) is 9.47 Å². The van der Waals surface area contributed by atoms with E-state index < -0.39 is 23.0 Å². The lowest BCUT2D eigenvalue weighted by molar-refractivity contribution is -0.134. The predicted octanol–water partition coefficient (Wildman–Crippen LogP) is 4.09. The molecule has 1 N–H and O–H groups in total. The average molecular weight is 478 g/mol. The van der Waals surface area contributed by atoms with Crippen molar-refractivity contribution in [1.82, 2.24) is 10.2 Å². The van der Waals surface area contributed by atoms with Crippen LogP contribution in [0.5, 0.6) is 11.5 Å². The van der Waals surface area contributed by atoms with Gasteiger partial charge in [-0.25, -0.2) is 4.79 Å². The summed E-state index contributed by atoms with van der Waals surface area (Å²) >= 11 is 0. The van der Waals surface area contributed by atoms with Crippen LogP contribution in [0.2, 0.25) is 0 Å². The lowest BCUT2D eigenvalue weighted by atomic mass is 9.88. The number of amides is 4. The highest BCUT2D eigenvalue weighted by atomic mass is 16.5. The molecule has 2 aromatic rings. The third kappa shape index (κ3) is 4.13. The molecular weight excluding hydrogens is 446 g/mol. The highest BCUT2D eigenvalue weighted by molar-refractivity contribution is 6.11. The average Bonchev–Trinajstić information content (AvgIpc) is 3.03. The number of nitrogens with zero attached hydrogens (tertiary/aromatic N) is 2. The summed E-state index contributed by atoms with van der Waals surface area (Å²) in [5.41, 5.74) is 1.30. The summed E-state index contributed by atoms with van der Waals surface area (Å²) < 4.78 is 10.8. The summed E-state index contributed by atoms with van der Waals surface area (Å²) in [6.07, 6.45) is 2.01. The number of methoxy groups -OCH3 is 1. The van der Waals surface area contributed by atoms with Crippen molar-refractivity contribution in [2.75, 3.05) is 25.2 Å². The monoisotopic (exact) mass is 477 g/mol. The van der Waals surface area contributed by atoms with Gasteiger partial charge in [0.1, 0.15) is 23.6 Å². The van der Waals surface area contributed by atoms with Crippen LogP contribution in [0.1, 0.15) is 45.7 Å². The second-order valence-electron chi connectivity index (χ2n) is 9.50. The van der Waals surface area contributed by atoms with E-state index in [-0.39, 0.29) is 12.5 Å². The molecule has 1 fully saturated rings. The first-order valence-corrected chi connectivity index (χ1v) is 11.6. The quantitative estimate of drug-likeness (QED) is 0.633. The number of hydrogen-bond donors (Lipinski definition) is 1. The fourth-order valence-corrected chi connectivity index (χ4v) is 4.89. The van der Waals surface area contributed by atoms with Crippen LogP contribution in [0, 0.1) is 0 Å². The van der Waals surface area contributed by atoms with Gasteiger partial charge in [-0.2, -0.15) is 0 Å². The predicted molar refractivity (Wildman–Crippen MR) is 133 cm³/mol. The standard InChI is InChI=1S/C27H31N3O5/c1-7-35-20-12-13-22-21(14-20)17(2)15-26(3,4)30(22)23(31)16-29-24(32)27(5,28-25(29)33)18-8-10-19(34-6)11-9-18/h8-15H,7,16H2,1-6H3,(H,28,33)/t27-/m0/s1. The van der Waals surface area contributed by atoms with Crippen molar-refractivity contribution < 1.29 is 23.9 Å². The molecule has 4 rings (SSSR count). The van der Waals surface area contributed by atoms with Crippen molar-refractivity contribution in [3.8, 4) is 11.5 Å². The smallest absolute Gasteiger partial charge is 0.325 e. The lowest BCUT2D eigenvalue weighted by Crippen LogP contribution is -2.53. The number of allylic oxidation sites excluding steroid dienone is 1. The normalized spacial score (nSPS) is 20.8. The minimum atomic E-state index is -1.28. The molecule has 2 aliphatic heterocycles. The number of rotatable bonds is 6. The second kappa shape index (κ2) is 8.76. The van der Waals surface area contributed by atoms with Gasteiger partial charge in [-0.15, -0.1) is 0 Å². The first kappa shape index (κ1) is 24.3. The van der Waals surface area contributed by atoms with E-state index in [1.165, 1.54) is 0 Å². The van der Waals surface area contributed by atoms with Crippen LogP contribution in [0.3, 0.4) is 0 Å². The van der Waals surface area contributed by atoms with E-state index in [9.17, 15) is 14.4 Å². The third-order valence-electron chi connectivity index (χ3n) is 6.58. The van der Waals surface area contributed by atoms with E-state index in [2.05, 4.69) is 5.32 Å². The largest absolute Gasteiger partial charge is 0.497 e. The molecule has 8 heteroatoms. The van der Waals surface area contributed by atoms with Gasteiger partial charge in [0.25, 0.3) is 5.91 Å². The minimum Gasteiger partial charge on any atom is -0.497 e. The zero-order valence-electron chi connectivity index (χ0n) is 21.0. The Balaban J connectivity index is 1.63. The number of imide groups is 1. The maximum Gasteiger partial charge on any atom is 0.325 e. The Hall–Kier alpha value is -3.81. The zero-order valence-corrected chi connectivity index (χ0v) is 21.0. The van der Waals surface area contributed by atoms with Gasteiger partial charge in [0.05, 0.1) is 24.9 Å². The number of anilines is 1. The third-order valence-corrected chi connectivity index (χ3v) is 6.58. The minimum absolute atomic E-state index is 0.355. The number of carbonyl (C=O) groups excluding carboxylic acids is 3. The molecule has 0 bridgehead atoms. The molecule has 0 radical (unpaired) electrons. The van der Waals surface area contributed by atoms with Crippen LogP contribution in [-0.4, -0.2) is 48.5 Å². The summed E-state index contributed by atoms with van der Waals surface area (Å²) in [4.78, 5) is 42.5. The van der Waals surface area contributed by atoms with Crippen LogP contribution in [0.15, 0.2) is 48.5 Å². The molecule has 0 saturated carbocycles. The van der Waals surface area contributed by atoms with Crippen LogP contribution in [0.4, 0.5) is 10.5 Å². The summed E-state index contributed by atoms with van der Waals surface area (Å²) in [6.45, 7) is 9.58. The molecule has 0 aromatic heterocycles. The van der Waals surface area contributed by atoms with Gasteiger partial charge in [-0.05, 0) is 76.1 Å². The number of nitrogens with one attached hydrogen (secondary N) is 1. The molecule has 4 amide bonds. The number of urea groups is 1. The number of benzene rings is 2. The molecule has 2 heterocycles. The van der Waals surface area contributed by atoms with Crippen molar-refractivity contribution in [2.45, 2.75) is 45.7 Å². The van der Waals surface area contributed by atoms with E-state index in [1.54, 1.807) is 43.2 Å². The van der Waals surface area contributed by atoms with Crippen molar-refractivity contribution in [1.29, 1.82) is 0 Å². The summed E-state index contributed by atoms with van der Waals surface area (Å²) in [7, 11) is 1.56. The lowest BCUT2D eigenvalue weighted by Gasteiger charge is -2.42. The first-order chi connectivity index (χ1) is 16.5. The molecule has 184 valence electrons. The molecule has 0 aliphatic carbocycles. The van der Waals surface area contributed by atoms with Crippen molar-refractivity contribution in [2.24, 2.45) is 0 Å². The fourth-order valence-electron chi connectivity index (χ4n) is 4.89. The summed E-state index contributed by atoms with van der Waals surface area (Å²) in [5.74, 6) is 0.527. The van der Waals surface area contributed by atoms with Gasteiger partial charge >= 0.3 is 6.03 Å². The Kier molecular flexibility index (Phi) is 6.09. The van der Waals surface area contributed by atoms with Crippen LogP contribution < -0.4 is 19.7 Å². The molecule has 2 aromatic carbocycles. The highest BCUT2D eigenvalue weighted by Gasteiger charge is 2.50. The summed E-state index contributed by atoms with van der Waals surface area (Å²) in [6, 6.07) is 11.9. The second-order valence-corrected chi connectivity index (χ2v) is 9.50. The Morgan fingerprint density at radius 1 is 1.03 bits per heavy atom. The highest BCUT2D eigenvalue weighted by Crippen LogP contribution is 2.41. The molecule has 8 nitrogen and oxygen atoms in total. The molecular formula is C27H31N3O5. The molecule has 0 unspecified atom stereocenters. The number of ether oxygens (including phenoxy) is 2. The van der Waals surface area contributed by atoms with E-state index >= 15 is 0 Å². The topological polar surface area (TPSA) is 88.2 Å². The van der Waals surface area contributed by atoms with Gasteiger partial charge < -0.3 is 19.7 Å². The van der Waals surface area contributed by atoms with E-state index in [0.717, 1.165) is 21.8 Å². The number of hydrogen-bond acceptors (Lipinski definition) is 5. The first-order valence-electron chi connectivity index (χ1n) is 11.6. The number of carbonyl (C=O) groups is 3. The SMILES string of the molecule is CCOc1ccc2c(c1)C(C)=CC(C)(C)N2C(=O)CN1C(=O)N[C@@](C)(c2ccc(OC)cc2)C1=O. The van der Waals surface area contributed by atoms with E-state index in [0.29, 0.717) is 23.6 Å². The van der Waals surface area contributed by atoms with Crippen molar-refractivity contribution in [3.63, 3.8) is 0 Å². The Morgan fingerprint density at radius 2 is 1.69 bits per heavy atom. The molecule has 1 saturated heterocycles. The van der Waals surface area contributed by atoms with Gasteiger partial charge in [-0.1, -0.05) is 18.2 Å². The Morgan fingerprint density at radius 3 is 2.31 bits per heavy atom. The van der Waals surface area contributed by atoms with Gasteiger partial charge in [-0.3, -0.25) is 14.5 Å². The molecule has 1 atom stereocenters. The number of fused-ring (bicyclic) bond motifs is 1. The maximum absolute atomic E-state index is 13.6. The molecule has 2 aliphatic rings. The fraction of sp³-hybridized carbons (Fsp3) is 0.370. The van der Waals surface area contributed by atoms with Gasteiger partial charge in [0, 0.05) is 5.56 Å². The van der Waals surface area contributed by atoms with Crippen LogP contribution in [-0.2, 0) is 15.1 Å². The Bertz CT molecular complexity index is 1220. The van der Waals surface area contributed by atoms with Crippen LogP contribution >= 0.6 is 0 Å². The molecule has 35 heavy (non-hydrogen) atoms. The van der Waals surface area contributed by atoms with Crippen LogP contribution in [0.25, 0.3) is 5.57 Å². The van der Waals surface area contributed by atoms with Gasteiger partial charge in [0.2, 0.25) is 5.91 Å². The maximum atomic E-state index is 13.6. The van der Waals surface area contributed by atoms with Crippen molar-refractivity contribution >= 4 is 29.1 Å². The van der Waals surface area contributed by atoms with Crippen molar-refractivity contribution in [3.05, 3.63) is 59.7 Å². The Labute approximate surface area is 205 Å². The van der Waals surface area contributed by atoms with E-state index in [1.807, 2.05) is 52.0 Å². The summed E-state index contributed by atoms with van der Waals surface area (Å²) in [5, 5.41) is 2.76. The zero-order chi connectivity index (χ0) is 25.5.